The van der Waals surface area contributed by atoms with Gasteiger partial charge < -0.3 is 4.40 Å². The minimum Gasteiger partial charge on any atom is -0.302 e. The first-order valence-corrected chi connectivity index (χ1v) is 6.39. The fraction of sp³-hybridized carbons (Fsp3) is 0.125. The monoisotopic (exact) mass is 265 g/mol. The molecule has 4 heteroatoms. The summed E-state index contributed by atoms with van der Waals surface area (Å²) in [7, 11) is 0. The largest absolute Gasteiger partial charge is 0.302 e. The fourth-order valence-corrected chi connectivity index (χ4v) is 2.31. The quantitative estimate of drug-likeness (QED) is 0.730. The van der Waals surface area contributed by atoms with Crippen molar-refractivity contribution in [2.45, 2.75) is 12.8 Å². The zero-order valence-corrected chi connectivity index (χ0v) is 10.8. The van der Waals surface area contributed by atoms with Crippen molar-refractivity contribution < 1.29 is 4.39 Å². The zero-order chi connectivity index (χ0) is 13.9. The van der Waals surface area contributed by atoms with E-state index in [1.165, 1.54) is 6.07 Å². The molecule has 0 N–H and O–H groups in total. The predicted octanol–water partition coefficient (Wildman–Crippen LogP) is 3.13. The summed E-state index contributed by atoms with van der Waals surface area (Å²) in [5.41, 5.74) is 1.87. The Labute approximate surface area is 115 Å². The summed E-state index contributed by atoms with van der Waals surface area (Å²) in [5.74, 6) is 0.578. The highest BCUT2D eigenvalue weighted by Crippen LogP contribution is 2.15. The van der Waals surface area contributed by atoms with Crippen molar-refractivity contribution >= 4 is 5.52 Å². The van der Waals surface area contributed by atoms with Crippen LogP contribution in [0, 0.1) is 17.1 Å². The van der Waals surface area contributed by atoms with Gasteiger partial charge in [-0.1, -0.05) is 24.3 Å². The van der Waals surface area contributed by atoms with Gasteiger partial charge in [-0.2, -0.15) is 5.26 Å². The lowest BCUT2D eigenvalue weighted by molar-refractivity contribution is 0.607. The standard InChI is InChI=1S/C16H12FN3/c17-13-6-2-1-5-12(13)8-9-16-19-14(11-18)15-7-3-4-10-20(15)16/h1-7,10H,8-9H2. The summed E-state index contributed by atoms with van der Waals surface area (Å²) in [5, 5.41) is 9.09. The van der Waals surface area contributed by atoms with Crippen LogP contribution in [0.25, 0.3) is 5.52 Å². The Balaban J connectivity index is 1.92. The first kappa shape index (κ1) is 12.4. The normalized spacial score (nSPS) is 10.6. The molecule has 0 spiro atoms. The van der Waals surface area contributed by atoms with E-state index in [4.69, 9.17) is 5.26 Å². The van der Waals surface area contributed by atoms with Crippen LogP contribution in [0.1, 0.15) is 17.1 Å². The van der Waals surface area contributed by atoms with Gasteiger partial charge in [0.05, 0.1) is 5.52 Å². The topological polar surface area (TPSA) is 41.1 Å². The number of hydrogen-bond acceptors (Lipinski definition) is 2. The second kappa shape index (κ2) is 5.14. The molecule has 3 rings (SSSR count). The highest BCUT2D eigenvalue weighted by atomic mass is 19.1. The molecule has 3 nitrogen and oxygen atoms in total. The lowest BCUT2D eigenvalue weighted by atomic mass is 10.1. The van der Waals surface area contributed by atoms with E-state index in [9.17, 15) is 4.39 Å². The van der Waals surface area contributed by atoms with E-state index in [-0.39, 0.29) is 5.82 Å². The second-order valence-electron chi connectivity index (χ2n) is 4.54. The molecule has 0 atom stereocenters. The smallest absolute Gasteiger partial charge is 0.166 e. The fourth-order valence-electron chi connectivity index (χ4n) is 2.31. The molecule has 2 heterocycles. The summed E-state index contributed by atoms with van der Waals surface area (Å²) >= 11 is 0. The Bertz CT molecular complexity index is 799. The third-order valence-corrected chi connectivity index (χ3v) is 3.30. The average Bonchev–Trinajstić information content (AvgIpc) is 2.85. The van der Waals surface area contributed by atoms with Gasteiger partial charge in [-0.05, 0) is 30.2 Å². The van der Waals surface area contributed by atoms with Crippen molar-refractivity contribution in [3.8, 4) is 6.07 Å². The summed E-state index contributed by atoms with van der Waals surface area (Å²) in [6, 6.07) is 14.5. The number of fused-ring (bicyclic) bond motifs is 1. The van der Waals surface area contributed by atoms with E-state index in [0.29, 0.717) is 24.1 Å². The Kier molecular flexibility index (Phi) is 3.18. The van der Waals surface area contributed by atoms with Crippen LogP contribution in [0.3, 0.4) is 0 Å². The first-order chi connectivity index (χ1) is 9.79. The van der Waals surface area contributed by atoms with E-state index in [0.717, 1.165) is 11.3 Å². The molecule has 0 aliphatic heterocycles. The van der Waals surface area contributed by atoms with E-state index < -0.39 is 0 Å². The highest BCUT2D eigenvalue weighted by molar-refractivity contribution is 5.58. The number of imidazole rings is 1. The van der Waals surface area contributed by atoms with Crippen molar-refractivity contribution in [1.82, 2.24) is 9.38 Å². The summed E-state index contributed by atoms with van der Waals surface area (Å²) in [4.78, 5) is 4.33. The minimum absolute atomic E-state index is 0.200. The van der Waals surface area contributed by atoms with Gasteiger partial charge in [0.2, 0.25) is 0 Å². The number of nitrogens with zero attached hydrogens (tertiary/aromatic N) is 3. The van der Waals surface area contributed by atoms with E-state index in [2.05, 4.69) is 11.1 Å². The Morgan fingerprint density at radius 3 is 2.70 bits per heavy atom. The Morgan fingerprint density at radius 2 is 1.90 bits per heavy atom. The number of hydrogen-bond donors (Lipinski definition) is 0. The van der Waals surface area contributed by atoms with Crippen molar-refractivity contribution in [2.75, 3.05) is 0 Å². The van der Waals surface area contributed by atoms with Crippen LogP contribution in [-0.4, -0.2) is 9.38 Å². The van der Waals surface area contributed by atoms with Gasteiger partial charge in [0.15, 0.2) is 5.69 Å². The van der Waals surface area contributed by atoms with E-state index in [1.54, 1.807) is 12.1 Å². The van der Waals surface area contributed by atoms with Gasteiger partial charge in [-0.15, -0.1) is 0 Å². The number of aromatic nitrogens is 2. The number of nitriles is 1. The molecule has 2 aromatic heterocycles. The van der Waals surface area contributed by atoms with Crippen LogP contribution >= 0.6 is 0 Å². The van der Waals surface area contributed by atoms with Crippen LogP contribution in [0.5, 0.6) is 0 Å². The number of rotatable bonds is 3. The van der Waals surface area contributed by atoms with Crippen LogP contribution in [0.15, 0.2) is 48.7 Å². The third kappa shape index (κ3) is 2.14. The van der Waals surface area contributed by atoms with Crippen molar-refractivity contribution in [3.05, 3.63) is 71.6 Å². The average molecular weight is 265 g/mol. The Hall–Kier alpha value is -2.67. The second-order valence-corrected chi connectivity index (χ2v) is 4.54. The molecule has 0 unspecified atom stereocenters. The molecule has 1 aromatic carbocycles. The number of aryl methyl sites for hydroxylation is 2. The number of benzene rings is 1. The summed E-state index contributed by atoms with van der Waals surface area (Å²) < 4.78 is 15.5. The molecular formula is C16H12FN3. The van der Waals surface area contributed by atoms with E-state index >= 15 is 0 Å². The van der Waals surface area contributed by atoms with Crippen LogP contribution in [0.4, 0.5) is 4.39 Å². The zero-order valence-electron chi connectivity index (χ0n) is 10.8. The predicted molar refractivity (Wildman–Crippen MR) is 73.7 cm³/mol. The molecule has 0 saturated carbocycles. The van der Waals surface area contributed by atoms with Gasteiger partial charge >= 0.3 is 0 Å². The first-order valence-electron chi connectivity index (χ1n) is 6.39. The molecule has 0 aliphatic rings. The molecule has 3 aromatic rings. The third-order valence-electron chi connectivity index (χ3n) is 3.30. The van der Waals surface area contributed by atoms with Gasteiger partial charge in [0.1, 0.15) is 17.7 Å². The molecular weight excluding hydrogens is 253 g/mol. The SMILES string of the molecule is N#Cc1nc(CCc2ccccc2F)n2ccccc12. The van der Waals surface area contributed by atoms with Gasteiger partial charge in [-0.3, -0.25) is 0 Å². The molecule has 0 aliphatic carbocycles. The maximum atomic E-state index is 13.6. The molecule has 0 saturated heterocycles. The van der Waals surface area contributed by atoms with Crippen molar-refractivity contribution in [1.29, 1.82) is 5.26 Å². The lowest BCUT2D eigenvalue weighted by Crippen LogP contribution is -1.99. The number of pyridine rings is 1. The van der Waals surface area contributed by atoms with Gasteiger partial charge in [0, 0.05) is 12.6 Å². The Morgan fingerprint density at radius 1 is 1.10 bits per heavy atom. The summed E-state index contributed by atoms with van der Waals surface area (Å²) in [6.07, 6.45) is 3.03. The van der Waals surface area contributed by atoms with Crippen LogP contribution < -0.4 is 0 Å². The number of halogens is 1. The van der Waals surface area contributed by atoms with Crippen LogP contribution in [0.2, 0.25) is 0 Å². The molecule has 0 fully saturated rings. The minimum atomic E-state index is -0.200. The van der Waals surface area contributed by atoms with Crippen molar-refractivity contribution in [2.24, 2.45) is 0 Å². The van der Waals surface area contributed by atoms with E-state index in [1.807, 2.05) is 34.9 Å². The maximum Gasteiger partial charge on any atom is 0.166 e. The maximum absolute atomic E-state index is 13.6. The highest BCUT2D eigenvalue weighted by Gasteiger charge is 2.10. The van der Waals surface area contributed by atoms with Gasteiger partial charge in [-0.25, -0.2) is 9.37 Å². The molecule has 20 heavy (non-hydrogen) atoms. The summed E-state index contributed by atoms with van der Waals surface area (Å²) in [6.45, 7) is 0. The van der Waals surface area contributed by atoms with Crippen LogP contribution in [-0.2, 0) is 12.8 Å². The van der Waals surface area contributed by atoms with Crippen molar-refractivity contribution in [3.63, 3.8) is 0 Å². The molecule has 98 valence electrons. The van der Waals surface area contributed by atoms with Gasteiger partial charge in [0.25, 0.3) is 0 Å². The lowest BCUT2D eigenvalue weighted by Gasteiger charge is -2.03. The molecule has 0 radical (unpaired) electrons. The molecule has 0 amide bonds. The molecule has 0 bridgehead atoms.